The van der Waals surface area contributed by atoms with Gasteiger partial charge in [-0.2, -0.15) is 8.42 Å². The van der Waals surface area contributed by atoms with Gasteiger partial charge < -0.3 is 25.8 Å². The normalized spacial score (nSPS) is 40.9. The fourth-order valence-corrected chi connectivity index (χ4v) is 1.56. The molecule has 0 bridgehead atoms. The van der Waals surface area contributed by atoms with Crippen LogP contribution >= 0.6 is 0 Å². The average molecular weight is 259 g/mol. The fourth-order valence-electron chi connectivity index (χ4n) is 1.26. The molecule has 0 aromatic heterocycles. The first-order chi connectivity index (χ1) is 7.22. The first-order valence-electron chi connectivity index (χ1n) is 4.29. The largest absolute Gasteiger partial charge is 0.397 e. The molecule has 10 heteroatoms. The zero-order valence-corrected chi connectivity index (χ0v) is 8.82. The van der Waals surface area contributed by atoms with Gasteiger partial charge in [-0.15, -0.1) is 0 Å². The number of ether oxygens (including phenoxy) is 1. The Bertz CT molecular complexity index is 331. The van der Waals surface area contributed by atoms with Gasteiger partial charge in [-0.05, 0) is 0 Å². The van der Waals surface area contributed by atoms with Crippen LogP contribution < -0.4 is 5.73 Å². The molecule has 5 atom stereocenters. The molecule has 0 amide bonds. The van der Waals surface area contributed by atoms with Crippen LogP contribution in [0.4, 0.5) is 0 Å². The summed E-state index contributed by atoms with van der Waals surface area (Å²) >= 11 is 0. The van der Waals surface area contributed by atoms with Gasteiger partial charge in [0.1, 0.15) is 18.3 Å². The van der Waals surface area contributed by atoms with Gasteiger partial charge in [0.2, 0.25) is 0 Å². The van der Waals surface area contributed by atoms with Gasteiger partial charge in [-0.3, -0.25) is 4.55 Å². The topological polar surface area (TPSA) is 160 Å². The SMILES string of the molecule is NC1C(O)OC(COS(=O)(=O)O)C(O)C1O. The molecule has 0 aromatic carbocycles. The van der Waals surface area contributed by atoms with Crippen LogP contribution in [0.5, 0.6) is 0 Å². The van der Waals surface area contributed by atoms with Crippen molar-refractivity contribution in [2.45, 2.75) is 30.6 Å². The predicted octanol–water partition coefficient (Wildman–Crippen LogP) is -3.43. The Morgan fingerprint density at radius 3 is 2.31 bits per heavy atom. The van der Waals surface area contributed by atoms with E-state index < -0.39 is 47.6 Å². The predicted molar refractivity (Wildman–Crippen MR) is 48.4 cm³/mol. The third-order valence-corrected chi connectivity index (χ3v) is 2.58. The smallest absolute Gasteiger partial charge is 0.388 e. The van der Waals surface area contributed by atoms with E-state index in [1.807, 2.05) is 0 Å². The summed E-state index contributed by atoms with van der Waals surface area (Å²) in [6, 6.07) is -1.21. The Morgan fingerprint density at radius 1 is 1.25 bits per heavy atom. The third-order valence-electron chi connectivity index (χ3n) is 2.15. The zero-order chi connectivity index (χ0) is 12.5. The Kier molecular flexibility index (Phi) is 4.20. The Balaban J connectivity index is 2.61. The van der Waals surface area contributed by atoms with Crippen LogP contribution in [0.15, 0.2) is 0 Å². The standard InChI is InChI=1S/C6H13NO8S/c7-3-5(9)4(8)2(15-6(3)10)1-14-16(11,12)13/h2-6,8-10H,1,7H2,(H,11,12,13). The second-order valence-electron chi connectivity index (χ2n) is 3.34. The monoisotopic (exact) mass is 259 g/mol. The number of aliphatic hydroxyl groups is 3. The van der Waals surface area contributed by atoms with Crippen molar-refractivity contribution < 1.29 is 37.2 Å². The van der Waals surface area contributed by atoms with E-state index in [9.17, 15) is 23.7 Å². The van der Waals surface area contributed by atoms with Crippen molar-refractivity contribution in [2.75, 3.05) is 6.61 Å². The maximum atomic E-state index is 10.3. The van der Waals surface area contributed by atoms with Gasteiger partial charge in [0.15, 0.2) is 6.29 Å². The lowest BCUT2D eigenvalue weighted by atomic mass is 9.98. The highest BCUT2D eigenvalue weighted by Crippen LogP contribution is 2.19. The van der Waals surface area contributed by atoms with Crippen LogP contribution in [-0.4, -0.2) is 65.5 Å². The summed E-state index contributed by atoms with van der Waals surface area (Å²) in [5.74, 6) is 0. The van der Waals surface area contributed by atoms with Crippen LogP contribution in [-0.2, 0) is 19.3 Å². The molecule has 1 fully saturated rings. The van der Waals surface area contributed by atoms with Gasteiger partial charge in [-0.1, -0.05) is 0 Å². The second-order valence-corrected chi connectivity index (χ2v) is 4.43. The van der Waals surface area contributed by atoms with E-state index in [1.165, 1.54) is 0 Å². The van der Waals surface area contributed by atoms with E-state index in [0.29, 0.717) is 0 Å². The fraction of sp³-hybridized carbons (Fsp3) is 1.00. The molecule has 0 aromatic rings. The molecule has 1 heterocycles. The van der Waals surface area contributed by atoms with Gasteiger partial charge in [0.25, 0.3) is 0 Å². The van der Waals surface area contributed by atoms with Gasteiger partial charge >= 0.3 is 10.4 Å². The van der Waals surface area contributed by atoms with Crippen molar-refractivity contribution in [3.8, 4) is 0 Å². The molecule has 96 valence electrons. The van der Waals surface area contributed by atoms with Gasteiger partial charge in [-0.25, -0.2) is 4.18 Å². The summed E-state index contributed by atoms with van der Waals surface area (Å²) in [6.07, 6.45) is -5.89. The van der Waals surface area contributed by atoms with E-state index in [0.717, 1.165) is 0 Å². The molecule has 0 aliphatic carbocycles. The van der Waals surface area contributed by atoms with Crippen LogP contribution in [0.2, 0.25) is 0 Å². The van der Waals surface area contributed by atoms with Crippen molar-refractivity contribution in [1.29, 1.82) is 0 Å². The molecule has 0 spiro atoms. The van der Waals surface area contributed by atoms with Crippen molar-refractivity contribution in [3.05, 3.63) is 0 Å². The van der Waals surface area contributed by atoms with Crippen molar-refractivity contribution >= 4 is 10.4 Å². The summed E-state index contributed by atoms with van der Waals surface area (Å²) in [5, 5.41) is 27.9. The van der Waals surface area contributed by atoms with Crippen molar-refractivity contribution in [2.24, 2.45) is 5.73 Å². The lowest BCUT2D eigenvalue weighted by Gasteiger charge is -2.38. The highest BCUT2D eigenvalue weighted by Gasteiger charge is 2.42. The minimum Gasteiger partial charge on any atom is -0.388 e. The minimum atomic E-state index is -4.68. The molecule has 1 aliphatic rings. The minimum absolute atomic E-state index is 0.749. The molecular weight excluding hydrogens is 246 g/mol. The van der Waals surface area contributed by atoms with E-state index in [4.69, 9.17) is 15.0 Å². The summed E-state index contributed by atoms with van der Waals surface area (Å²) in [7, 11) is -4.68. The van der Waals surface area contributed by atoms with E-state index in [-0.39, 0.29) is 0 Å². The quantitative estimate of drug-likeness (QED) is 0.325. The molecule has 9 nitrogen and oxygen atoms in total. The number of aliphatic hydroxyl groups excluding tert-OH is 3. The lowest BCUT2D eigenvalue weighted by molar-refractivity contribution is -0.247. The van der Waals surface area contributed by atoms with Crippen LogP contribution in [0.25, 0.3) is 0 Å². The van der Waals surface area contributed by atoms with Crippen molar-refractivity contribution in [3.63, 3.8) is 0 Å². The van der Waals surface area contributed by atoms with Gasteiger partial charge in [0.05, 0.1) is 12.6 Å². The molecule has 1 saturated heterocycles. The van der Waals surface area contributed by atoms with Crippen LogP contribution in [0.1, 0.15) is 0 Å². The third kappa shape index (κ3) is 3.33. The molecule has 1 rings (SSSR count). The van der Waals surface area contributed by atoms with Crippen LogP contribution in [0.3, 0.4) is 0 Å². The van der Waals surface area contributed by atoms with Crippen LogP contribution in [0, 0.1) is 0 Å². The summed E-state index contributed by atoms with van der Waals surface area (Å²) in [5.41, 5.74) is 5.26. The van der Waals surface area contributed by atoms with E-state index in [2.05, 4.69) is 4.18 Å². The van der Waals surface area contributed by atoms with Crippen molar-refractivity contribution in [1.82, 2.24) is 0 Å². The number of nitrogens with two attached hydrogens (primary N) is 1. The average Bonchev–Trinajstić information content (AvgIpc) is 2.17. The Morgan fingerprint density at radius 2 is 1.81 bits per heavy atom. The molecule has 0 radical (unpaired) electrons. The molecule has 5 unspecified atom stereocenters. The highest BCUT2D eigenvalue weighted by molar-refractivity contribution is 7.80. The molecule has 16 heavy (non-hydrogen) atoms. The van der Waals surface area contributed by atoms with E-state index in [1.54, 1.807) is 0 Å². The number of hydrogen-bond acceptors (Lipinski definition) is 8. The molecule has 0 saturated carbocycles. The Hall–Kier alpha value is -0.330. The van der Waals surface area contributed by atoms with E-state index >= 15 is 0 Å². The Labute approximate surface area is 91.3 Å². The summed E-state index contributed by atoms with van der Waals surface area (Å²) in [4.78, 5) is 0. The highest BCUT2D eigenvalue weighted by atomic mass is 32.3. The number of rotatable bonds is 3. The maximum Gasteiger partial charge on any atom is 0.397 e. The summed E-state index contributed by atoms with van der Waals surface area (Å²) < 4.78 is 37.4. The first kappa shape index (κ1) is 13.7. The molecule has 1 aliphatic heterocycles. The summed E-state index contributed by atoms with van der Waals surface area (Å²) in [6.45, 7) is -0.749. The first-order valence-corrected chi connectivity index (χ1v) is 5.66. The number of hydrogen-bond donors (Lipinski definition) is 5. The molecular formula is C6H13NO8S. The lowest BCUT2D eigenvalue weighted by Crippen LogP contribution is -2.62. The second kappa shape index (κ2) is 4.89. The maximum absolute atomic E-state index is 10.3. The van der Waals surface area contributed by atoms with Gasteiger partial charge in [0, 0.05) is 0 Å². The zero-order valence-electron chi connectivity index (χ0n) is 8.00. The molecule has 6 N–H and O–H groups in total.